The lowest BCUT2D eigenvalue weighted by atomic mass is 9.95. The number of hydrazone groups is 1. The second-order valence-corrected chi connectivity index (χ2v) is 9.44. The van der Waals surface area contributed by atoms with E-state index < -0.39 is 0 Å². The smallest absolute Gasteiger partial charge is 0.250 e. The molecule has 3 aromatic rings. The highest BCUT2D eigenvalue weighted by Crippen LogP contribution is 2.35. The molecular weight excluding hydrogens is 470 g/mol. The normalized spacial score (nSPS) is 14.4. The fourth-order valence-electron chi connectivity index (χ4n) is 4.00. The molecule has 2 aromatic carbocycles. The van der Waals surface area contributed by atoms with Crippen LogP contribution >= 0.6 is 23.4 Å². The Morgan fingerprint density at radius 3 is 2.59 bits per heavy atom. The van der Waals surface area contributed by atoms with E-state index in [1.54, 1.807) is 6.21 Å². The van der Waals surface area contributed by atoms with E-state index in [0.29, 0.717) is 17.7 Å². The van der Waals surface area contributed by atoms with Crippen LogP contribution < -0.4 is 10.2 Å². The summed E-state index contributed by atoms with van der Waals surface area (Å²) in [5, 5.41) is 14.4. The minimum atomic E-state index is -0.196. The largest absolute Gasteiger partial charge is 0.494 e. The summed E-state index contributed by atoms with van der Waals surface area (Å²) in [6.07, 6.45) is 7.42. The van der Waals surface area contributed by atoms with Crippen molar-refractivity contribution in [2.75, 3.05) is 12.4 Å². The molecule has 0 radical (unpaired) electrons. The van der Waals surface area contributed by atoms with Gasteiger partial charge in [-0.05, 0) is 73.9 Å². The summed E-state index contributed by atoms with van der Waals surface area (Å²) >= 11 is 7.45. The summed E-state index contributed by atoms with van der Waals surface area (Å²) < 4.78 is 7.63. The van der Waals surface area contributed by atoms with Gasteiger partial charge < -0.3 is 4.74 Å². The van der Waals surface area contributed by atoms with E-state index in [1.807, 2.05) is 55.5 Å². The third kappa shape index (κ3) is 6.39. The maximum Gasteiger partial charge on any atom is 0.250 e. The number of halogens is 1. The lowest BCUT2D eigenvalue weighted by Gasteiger charge is -2.25. The molecule has 0 spiro atoms. The van der Waals surface area contributed by atoms with E-state index in [9.17, 15) is 4.79 Å². The maximum atomic E-state index is 12.4. The fourth-order valence-corrected chi connectivity index (χ4v) is 4.92. The van der Waals surface area contributed by atoms with Gasteiger partial charge in [-0.15, -0.1) is 10.2 Å². The van der Waals surface area contributed by atoms with E-state index in [4.69, 9.17) is 16.3 Å². The van der Waals surface area contributed by atoms with Crippen molar-refractivity contribution in [1.82, 2.24) is 20.2 Å². The van der Waals surface area contributed by atoms with Crippen LogP contribution in [0.25, 0.3) is 11.4 Å². The summed E-state index contributed by atoms with van der Waals surface area (Å²) in [5.74, 6) is 1.63. The summed E-state index contributed by atoms with van der Waals surface area (Å²) in [7, 11) is 0. The number of thioether (sulfide) groups is 1. The third-order valence-electron chi connectivity index (χ3n) is 5.63. The molecule has 1 aromatic heterocycles. The summed E-state index contributed by atoms with van der Waals surface area (Å²) in [4.78, 5) is 12.4. The van der Waals surface area contributed by atoms with Crippen molar-refractivity contribution in [2.45, 2.75) is 50.2 Å². The molecule has 1 heterocycles. The first kappa shape index (κ1) is 24.3. The first-order chi connectivity index (χ1) is 16.6. The maximum absolute atomic E-state index is 12.4. The molecule has 0 atom stereocenters. The number of hydrogen-bond acceptors (Lipinski definition) is 6. The SMILES string of the molecule is CCOc1ccc(/C=N\NC(=O)CSc2nnc(-c3ccc(Cl)cc3)n2C2CCCCC2)cc1. The van der Waals surface area contributed by atoms with E-state index in [1.165, 1.54) is 31.0 Å². The van der Waals surface area contributed by atoms with Gasteiger partial charge in [-0.3, -0.25) is 9.36 Å². The Hall–Kier alpha value is -2.84. The van der Waals surface area contributed by atoms with Crippen LogP contribution in [0.5, 0.6) is 5.75 Å². The van der Waals surface area contributed by atoms with Gasteiger partial charge in [0.25, 0.3) is 5.91 Å². The van der Waals surface area contributed by atoms with Crippen LogP contribution in [-0.2, 0) is 4.79 Å². The summed E-state index contributed by atoms with van der Waals surface area (Å²) in [6.45, 7) is 2.57. The van der Waals surface area contributed by atoms with Crippen molar-refractivity contribution in [3.05, 3.63) is 59.1 Å². The Bertz CT molecular complexity index is 1110. The standard InChI is InChI=1S/C25H28ClN5O2S/c1-2-33-22-14-8-18(9-15-22)16-27-28-23(32)17-34-25-30-29-24(19-10-12-20(26)13-11-19)31(25)21-6-4-3-5-7-21/h8-16,21H,2-7,17H2,1H3,(H,28,32)/b27-16-. The Balaban J connectivity index is 1.40. The summed E-state index contributed by atoms with van der Waals surface area (Å²) in [6, 6.07) is 15.5. The lowest BCUT2D eigenvalue weighted by Crippen LogP contribution is -2.20. The highest BCUT2D eigenvalue weighted by atomic mass is 35.5. The van der Waals surface area contributed by atoms with Gasteiger partial charge in [-0.25, -0.2) is 5.43 Å². The Labute approximate surface area is 208 Å². The zero-order valence-electron chi connectivity index (χ0n) is 19.1. The van der Waals surface area contributed by atoms with Crippen LogP contribution in [0.3, 0.4) is 0 Å². The number of benzene rings is 2. The average Bonchev–Trinajstić information content (AvgIpc) is 3.29. The van der Waals surface area contributed by atoms with Gasteiger partial charge in [0.05, 0.1) is 18.6 Å². The Kier molecular flexibility index (Phi) is 8.60. The zero-order valence-corrected chi connectivity index (χ0v) is 20.7. The molecule has 4 rings (SSSR count). The van der Waals surface area contributed by atoms with Crippen molar-refractivity contribution in [2.24, 2.45) is 5.10 Å². The number of rotatable bonds is 9. The number of amides is 1. The molecule has 7 nitrogen and oxygen atoms in total. The first-order valence-electron chi connectivity index (χ1n) is 11.5. The third-order valence-corrected chi connectivity index (χ3v) is 6.83. The topological polar surface area (TPSA) is 81.4 Å². The molecule has 9 heteroatoms. The molecule has 0 aliphatic heterocycles. The number of hydrogen-bond donors (Lipinski definition) is 1. The molecule has 178 valence electrons. The molecule has 1 saturated carbocycles. The number of carbonyl (C=O) groups excluding carboxylic acids is 1. The Morgan fingerprint density at radius 1 is 1.15 bits per heavy atom. The number of nitrogens with one attached hydrogen (secondary N) is 1. The van der Waals surface area contributed by atoms with Gasteiger partial charge in [-0.1, -0.05) is 42.6 Å². The first-order valence-corrected chi connectivity index (χ1v) is 12.9. The Morgan fingerprint density at radius 2 is 1.88 bits per heavy atom. The van der Waals surface area contributed by atoms with Crippen LogP contribution in [0.2, 0.25) is 5.02 Å². The lowest BCUT2D eigenvalue weighted by molar-refractivity contribution is -0.118. The second kappa shape index (κ2) is 12.0. The van der Waals surface area contributed by atoms with E-state index in [2.05, 4.69) is 25.3 Å². The van der Waals surface area contributed by atoms with Crippen LogP contribution in [0.1, 0.15) is 50.6 Å². The predicted molar refractivity (Wildman–Crippen MR) is 137 cm³/mol. The molecule has 0 saturated heterocycles. The molecule has 1 amide bonds. The monoisotopic (exact) mass is 497 g/mol. The van der Waals surface area contributed by atoms with Crippen molar-refractivity contribution >= 4 is 35.5 Å². The number of aromatic nitrogens is 3. The van der Waals surface area contributed by atoms with Gasteiger partial charge in [0, 0.05) is 16.6 Å². The molecule has 0 bridgehead atoms. The highest BCUT2D eigenvalue weighted by Gasteiger charge is 2.24. The summed E-state index contributed by atoms with van der Waals surface area (Å²) in [5.41, 5.74) is 4.44. The van der Waals surface area contributed by atoms with Crippen molar-refractivity contribution in [3.63, 3.8) is 0 Å². The van der Waals surface area contributed by atoms with Crippen LogP contribution in [0.4, 0.5) is 0 Å². The number of carbonyl (C=O) groups is 1. The number of ether oxygens (including phenoxy) is 1. The van der Waals surface area contributed by atoms with E-state index in [0.717, 1.165) is 40.7 Å². The van der Waals surface area contributed by atoms with E-state index in [-0.39, 0.29) is 11.7 Å². The molecule has 1 aliphatic carbocycles. The fraction of sp³-hybridized carbons (Fsp3) is 0.360. The molecule has 1 N–H and O–H groups in total. The highest BCUT2D eigenvalue weighted by molar-refractivity contribution is 7.99. The minimum Gasteiger partial charge on any atom is -0.494 e. The quantitative estimate of drug-likeness (QED) is 0.231. The average molecular weight is 498 g/mol. The molecule has 34 heavy (non-hydrogen) atoms. The molecule has 1 aliphatic rings. The van der Waals surface area contributed by atoms with Crippen LogP contribution in [-0.4, -0.2) is 39.2 Å². The van der Waals surface area contributed by atoms with Crippen molar-refractivity contribution in [1.29, 1.82) is 0 Å². The van der Waals surface area contributed by atoms with Crippen LogP contribution in [0.15, 0.2) is 58.8 Å². The molecule has 0 unspecified atom stereocenters. The number of nitrogens with zero attached hydrogens (tertiary/aromatic N) is 4. The zero-order chi connectivity index (χ0) is 23.8. The second-order valence-electron chi connectivity index (χ2n) is 8.06. The predicted octanol–water partition coefficient (Wildman–Crippen LogP) is 5.74. The van der Waals surface area contributed by atoms with Crippen molar-refractivity contribution < 1.29 is 9.53 Å². The van der Waals surface area contributed by atoms with Gasteiger partial charge >= 0.3 is 0 Å². The van der Waals surface area contributed by atoms with Gasteiger partial charge in [-0.2, -0.15) is 5.10 Å². The van der Waals surface area contributed by atoms with Gasteiger partial charge in [0.2, 0.25) is 0 Å². The minimum absolute atomic E-state index is 0.196. The van der Waals surface area contributed by atoms with Crippen molar-refractivity contribution in [3.8, 4) is 17.1 Å². The van der Waals surface area contributed by atoms with Gasteiger partial charge in [0.15, 0.2) is 11.0 Å². The van der Waals surface area contributed by atoms with E-state index >= 15 is 0 Å². The molecular formula is C25H28ClN5O2S. The van der Waals surface area contributed by atoms with Gasteiger partial charge in [0.1, 0.15) is 5.75 Å². The molecule has 1 fully saturated rings. The van der Waals surface area contributed by atoms with Crippen LogP contribution in [0, 0.1) is 0 Å².